The molecule has 28 heavy (non-hydrogen) atoms. The van der Waals surface area contributed by atoms with Crippen molar-refractivity contribution in [2.24, 2.45) is 0 Å². The minimum Gasteiger partial charge on any atom is -0.462 e. The van der Waals surface area contributed by atoms with Crippen LogP contribution in [0.1, 0.15) is 39.2 Å². The number of nitrogens with zero attached hydrogens (tertiary/aromatic N) is 4. The average molecular weight is 381 g/mol. The molecular weight excluding hydrogens is 362 g/mol. The Kier molecular flexibility index (Phi) is 6.05. The van der Waals surface area contributed by atoms with Gasteiger partial charge in [0.2, 0.25) is 0 Å². The number of hydrogen-bond donors (Lipinski definition) is 1. The van der Waals surface area contributed by atoms with Gasteiger partial charge in [-0.25, -0.2) is 4.79 Å². The Morgan fingerprint density at radius 2 is 2.11 bits per heavy atom. The van der Waals surface area contributed by atoms with Crippen LogP contribution in [-0.4, -0.2) is 45.1 Å². The van der Waals surface area contributed by atoms with Crippen molar-refractivity contribution in [2.75, 3.05) is 13.2 Å². The van der Waals surface area contributed by atoms with Gasteiger partial charge in [-0.1, -0.05) is 11.2 Å². The molecule has 3 aromatic rings. The molecule has 1 amide bonds. The summed E-state index contributed by atoms with van der Waals surface area (Å²) in [6.07, 6.45) is 3.41. The smallest absolute Gasteiger partial charge is 0.339 e. The summed E-state index contributed by atoms with van der Waals surface area (Å²) in [6.45, 7) is 3.95. The van der Waals surface area contributed by atoms with Crippen LogP contribution in [0.4, 0.5) is 0 Å². The van der Waals surface area contributed by atoms with E-state index in [-0.39, 0.29) is 18.1 Å². The van der Waals surface area contributed by atoms with E-state index in [1.54, 1.807) is 32.2 Å². The van der Waals surface area contributed by atoms with Gasteiger partial charge in [-0.15, -0.1) is 0 Å². The number of amides is 1. The number of carbonyl (C=O) groups is 2. The van der Waals surface area contributed by atoms with Crippen molar-refractivity contribution >= 4 is 11.9 Å². The van der Waals surface area contributed by atoms with Gasteiger partial charge in [0.1, 0.15) is 5.69 Å². The SMILES string of the molecule is CCOC(=O)c1cnc(C)c(C(=O)NCCc2noc(-c3ccccn3)n2)c1. The third kappa shape index (κ3) is 4.56. The van der Waals surface area contributed by atoms with Gasteiger partial charge < -0.3 is 14.6 Å². The van der Waals surface area contributed by atoms with E-state index in [9.17, 15) is 9.59 Å². The highest BCUT2D eigenvalue weighted by atomic mass is 16.5. The van der Waals surface area contributed by atoms with Crippen LogP contribution < -0.4 is 5.32 Å². The molecule has 0 aliphatic heterocycles. The van der Waals surface area contributed by atoms with Gasteiger partial charge in [0, 0.05) is 25.4 Å². The lowest BCUT2D eigenvalue weighted by Gasteiger charge is -2.08. The number of aromatic nitrogens is 4. The fourth-order valence-electron chi connectivity index (χ4n) is 2.42. The highest BCUT2D eigenvalue weighted by molar-refractivity contribution is 5.98. The molecule has 3 aromatic heterocycles. The molecule has 0 aliphatic carbocycles. The maximum atomic E-state index is 12.4. The number of esters is 1. The van der Waals surface area contributed by atoms with E-state index in [1.807, 2.05) is 6.07 Å². The molecule has 0 aromatic carbocycles. The van der Waals surface area contributed by atoms with Gasteiger partial charge in [0.05, 0.1) is 23.4 Å². The number of hydrogen-bond acceptors (Lipinski definition) is 8. The molecule has 1 N–H and O–H groups in total. The van der Waals surface area contributed by atoms with Crippen LogP contribution >= 0.6 is 0 Å². The molecule has 3 heterocycles. The summed E-state index contributed by atoms with van der Waals surface area (Å²) < 4.78 is 10.1. The quantitative estimate of drug-likeness (QED) is 0.617. The first kappa shape index (κ1) is 19.2. The van der Waals surface area contributed by atoms with E-state index in [1.165, 1.54) is 12.3 Å². The molecule has 3 rings (SSSR count). The van der Waals surface area contributed by atoms with Gasteiger partial charge in [-0.05, 0) is 32.0 Å². The number of pyridine rings is 2. The molecule has 0 radical (unpaired) electrons. The van der Waals surface area contributed by atoms with Crippen LogP contribution in [-0.2, 0) is 11.2 Å². The van der Waals surface area contributed by atoms with E-state index < -0.39 is 5.97 Å². The molecule has 0 saturated heterocycles. The van der Waals surface area contributed by atoms with E-state index in [0.717, 1.165) is 0 Å². The molecule has 0 aliphatic rings. The minimum absolute atomic E-state index is 0.232. The molecule has 0 atom stereocenters. The van der Waals surface area contributed by atoms with Gasteiger partial charge >= 0.3 is 5.97 Å². The molecule has 144 valence electrons. The number of nitrogens with one attached hydrogen (secondary N) is 1. The Bertz CT molecular complexity index is 971. The van der Waals surface area contributed by atoms with E-state index in [0.29, 0.717) is 41.6 Å². The Morgan fingerprint density at radius 3 is 2.86 bits per heavy atom. The molecule has 0 saturated carbocycles. The van der Waals surface area contributed by atoms with Crippen molar-refractivity contribution in [3.05, 3.63) is 59.3 Å². The van der Waals surface area contributed by atoms with Crippen LogP contribution in [0.2, 0.25) is 0 Å². The normalized spacial score (nSPS) is 10.5. The van der Waals surface area contributed by atoms with Crippen LogP contribution in [0.25, 0.3) is 11.6 Å². The monoisotopic (exact) mass is 381 g/mol. The van der Waals surface area contributed by atoms with Crippen LogP contribution in [0.5, 0.6) is 0 Å². The second-order valence-electron chi connectivity index (χ2n) is 5.81. The second kappa shape index (κ2) is 8.85. The summed E-state index contributed by atoms with van der Waals surface area (Å²) in [4.78, 5) is 36.8. The maximum Gasteiger partial charge on any atom is 0.339 e. The number of ether oxygens (including phenoxy) is 1. The lowest BCUT2D eigenvalue weighted by molar-refractivity contribution is 0.0526. The first-order chi connectivity index (χ1) is 13.6. The topological polar surface area (TPSA) is 120 Å². The number of rotatable bonds is 7. The van der Waals surface area contributed by atoms with Crippen molar-refractivity contribution in [1.29, 1.82) is 0 Å². The number of carbonyl (C=O) groups excluding carboxylic acids is 2. The molecule has 0 fully saturated rings. The largest absolute Gasteiger partial charge is 0.462 e. The summed E-state index contributed by atoms with van der Waals surface area (Å²) in [6, 6.07) is 6.87. The van der Waals surface area contributed by atoms with Crippen LogP contribution in [0.3, 0.4) is 0 Å². The molecule has 9 nitrogen and oxygen atoms in total. The standard InChI is InChI=1S/C19H19N5O4/c1-3-27-19(26)13-10-14(12(2)22-11-13)17(25)21-9-7-16-23-18(28-24-16)15-6-4-5-8-20-15/h4-6,8,10-11H,3,7,9H2,1-2H3,(H,21,25). The maximum absolute atomic E-state index is 12.4. The highest BCUT2D eigenvalue weighted by Crippen LogP contribution is 2.13. The van der Waals surface area contributed by atoms with Crippen molar-refractivity contribution in [2.45, 2.75) is 20.3 Å². The van der Waals surface area contributed by atoms with Gasteiger partial charge in [-0.3, -0.25) is 14.8 Å². The first-order valence-electron chi connectivity index (χ1n) is 8.74. The predicted octanol–water partition coefficient (Wildman–Crippen LogP) is 1.98. The summed E-state index contributed by atoms with van der Waals surface area (Å²) >= 11 is 0. The number of aryl methyl sites for hydroxylation is 1. The van der Waals surface area contributed by atoms with E-state index in [4.69, 9.17) is 9.26 Å². The molecular formula is C19H19N5O4. The van der Waals surface area contributed by atoms with E-state index in [2.05, 4.69) is 25.4 Å². The molecule has 9 heteroatoms. The van der Waals surface area contributed by atoms with Crippen molar-refractivity contribution in [3.8, 4) is 11.6 Å². The third-order valence-electron chi connectivity index (χ3n) is 3.83. The van der Waals surface area contributed by atoms with E-state index >= 15 is 0 Å². The molecule has 0 bridgehead atoms. The molecule has 0 unspecified atom stereocenters. The Morgan fingerprint density at radius 1 is 1.25 bits per heavy atom. The Balaban J connectivity index is 1.60. The zero-order valence-electron chi connectivity index (χ0n) is 15.5. The lowest BCUT2D eigenvalue weighted by atomic mass is 10.1. The van der Waals surface area contributed by atoms with Crippen LogP contribution in [0, 0.1) is 6.92 Å². The fourth-order valence-corrected chi connectivity index (χ4v) is 2.42. The zero-order chi connectivity index (χ0) is 19.9. The highest BCUT2D eigenvalue weighted by Gasteiger charge is 2.15. The zero-order valence-corrected chi connectivity index (χ0v) is 15.5. The summed E-state index contributed by atoms with van der Waals surface area (Å²) in [7, 11) is 0. The predicted molar refractivity (Wildman–Crippen MR) is 98.5 cm³/mol. The summed E-state index contributed by atoms with van der Waals surface area (Å²) in [5.74, 6) is -0.0809. The third-order valence-corrected chi connectivity index (χ3v) is 3.83. The summed E-state index contributed by atoms with van der Waals surface area (Å²) in [5.41, 5.74) is 1.65. The van der Waals surface area contributed by atoms with Crippen molar-refractivity contribution in [1.82, 2.24) is 25.4 Å². The van der Waals surface area contributed by atoms with Crippen molar-refractivity contribution in [3.63, 3.8) is 0 Å². The Labute approximate surface area is 161 Å². The summed E-state index contributed by atoms with van der Waals surface area (Å²) in [5, 5.41) is 6.65. The lowest BCUT2D eigenvalue weighted by Crippen LogP contribution is -2.27. The average Bonchev–Trinajstić information content (AvgIpc) is 3.18. The minimum atomic E-state index is -0.516. The van der Waals surface area contributed by atoms with Gasteiger partial charge in [0.15, 0.2) is 5.82 Å². The van der Waals surface area contributed by atoms with Gasteiger partial charge in [0.25, 0.3) is 11.8 Å². The van der Waals surface area contributed by atoms with Crippen LogP contribution in [0.15, 0.2) is 41.2 Å². The fraction of sp³-hybridized carbons (Fsp3) is 0.263. The Hall–Kier alpha value is -3.62. The molecule has 0 spiro atoms. The van der Waals surface area contributed by atoms with Gasteiger partial charge in [-0.2, -0.15) is 4.98 Å². The van der Waals surface area contributed by atoms with Crippen molar-refractivity contribution < 1.29 is 18.8 Å². The first-order valence-corrected chi connectivity index (χ1v) is 8.74. The second-order valence-corrected chi connectivity index (χ2v) is 5.81.